The van der Waals surface area contributed by atoms with Crippen molar-refractivity contribution in [2.24, 2.45) is 0 Å². The number of halogens is 1. The minimum atomic E-state index is -0.814. The summed E-state index contributed by atoms with van der Waals surface area (Å²) in [5.41, 5.74) is 0.401. The van der Waals surface area contributed by atoms with Crippen molar-refractivity contribution < 1.29 is 47.5 Å². The van der Waals surface area contributed by atoms with Gasteiger partial charge in [-0.3, -0.25) is 4.79 Å². The van der Waals surface area contributed by atoms with Crippen molar-refractivity contribution in [3.05, 3.63) is 45.5 Å². The molecule has 0 spiro atoms. The van der Waals surface area contributed by atoms with E-state index in [2.05, 4.69) is 0 Å². The Morgan fingerprint density at radius 1 is 0.765 bits per heavy atom. The number of methoxy groups -OCH3 is 5. The van der Waals surface area contributed by atoms with Gasteiger partial charge in [-0.1, -0.05) is 11.6 Å². The highest BCUT2D eigenvalue weighted by atomic mass is 35.5. The maximum Gasteiger partial charge on any atom is 0.338 e. The Morgan fingerprint density at radius 3 is 1.76 bits per heavy atom. The molecule has 0 unspecified atom stereocenters. The topological polar surface area (TPSA) is 108 Å². The fourth-order valence-electron chi connectivity index (χ4n) is 3.05. The van der Waals surface area contributed by atoms with E-state index in [9.17, 15) is 9.59 Å². The van der Waals surface area contributed by atoms with Crippen LogP contribution in [0.2, 0.25) is 5.02 Å². The molecule has 0 saturated carbocycles. The molecule has 34 heavy (non-hydrogen) atoms. The highest BCUT2D eigenvalue weighted by Crippen LogP contribution is 2.43. The lowest BCUT2D eigenvalue weighted by Gasteiger charge is -2.20. The number of carbonyl (C=O) groups excluding carboxylic acids is 2. The van der Waals surface area contributed by atoms with Gasteiger partial charge in [0.25, 0.3) is 0 Å². The van der Waals surface area contributed by atoms with Crippen LogP contribution in [-0.4, -0.2) is 67.7 Å². The Kier molecular flexibility index (Phi) is 10.4. The van der Waals surface area contributed by atoms with Crippen LogP contribution in [-0.2, 0) is 18.9 Å². The molecule has 0 aliphatic heterocycles. The van der Waals surface area contributed by atoms with Crippen molar-refractivity contribution in [2.75, 3.05) is 55.9 Å². The number of rotatable bonds is 13. The number of hydrogen-bond donors (Lipinski definition) is 0. The van der Waals surface area contributed by atoms with Crippen LogP contribution in [0.25, 0.3) is 0 Å². The molecule has 11 heteroatoms. The van der Waals surface area contributed by atoms with Crippen molar-refractivity contribution in [2.45, 2.75) is 6.92 Å². The normalized spacial score (nSPS) is 10.6. The molecule has 0 bridgehead atoms. The lowest BCUT2D eigenvalue weighted by Crippen LogP contribution is -2.18. The van der Waals surface area contributed by atoms with Gasteiger partial charge in [-0.2, -0.15) is 0 Å². The third kappa shape index (κ3) is 6.09. The van der Waals surface area contributed by atoms with Crippen LogP contribution in [0.1, 0.15) is 31.8 Å². The monoisotopic (exact) mass is 498 g/mol. The zero-order valence-electron chi connectivity index (χ0n) is 19.8. The second-order valence-corrected chi connectivity index (χ2v) is 7.13. The summed E-state index contributed by atoms with van der Waals surface area (Å²) in [4.78, 5) is 26.7. The van der Waals surface area contributed by atoms with Crippen molar-refractivity contribution in [3.63, 3.8) is 0 Å². The molecule has 0 atom stereocenters. The third-order valence-electron chi connectivity index (χ3n) is 4.46. The molecule has 2 aromatic rings. The first-order valence-corrected chi connectivity index (χ1v) is 10.3. The minimum absolute atomic E-state index is 0.00615. The molecule has 0 amide bonds. The molecule has 0 aliphatic carbocycles. The van der Waals surface area contributed by atoms with Gasteiger partial charge in [0.15, 0.2) is 26.1 Å². The number of hydrogen-bond acceptors (Lipinski definition) is 10. The average Bonchev–Trinajstić information content (AvgIpc) is 2.83. The van der Waals surface area contributed by atoms with E-state index in [1.54, 1.807) is 19.1 Å². The maximum absolute atomic E-state index is 14.0. The summed E-state index contributed by atoms with van der Waals surface area (Å²) >= 11 is 6.46. The Bertz CT molecular complexity index is 992. The van der Waals surface area contributed by atoms with Gasteiger partial charge in [-0.25, -0.2) is 4.79 Å². The van der Waals surface area contributed by atoms with E-state index in [0.29, 0.717) is 0 Å². The Hall–Kier alpha value is -3.05. The van der Waals surface area contributed by atoms with E-state index in [0.717, 1.165) is 5.56 Å². The summed E-state index contributed by atoms with van der Waals surface area (Å²) < 4.78 is 42.0. The van der Waals surface area contributed by atoms with Crippen LogP contribution in [0.4, 0.5) is 0 Å². The third-order valence-corrected chi connectivity index (χ3v) is 4.82. The first kappa shape index (κ1) is 27.2. The van der Waals surface area contributed by atoms with Crippen molar-refractivity contribution in [3.8, 4) is 23.0 Å². The zero-order chi connectivity index (χ0) is 25.3. The fourth-order valence-corrected chi connectivity index (χ4v) is 3.33. The quantitative estimate of drug-likeness (QED) is 0.231. The Balaban J connectivity index is 2.88. The lowest BCUT2D eigenvalue weighted by atomic mass is 9.94. The van der Waals surface area contributed by atoms with Gasteiger partial charge in [-0.15, -0.1) is 0 Å². The Labute approximate surface area is 202 Å². The molecule has 10 nitrogen and oxygen atoms in total. The SMILES string of the molecule is COCOc1cc(C)cc(OCOC)c1C(=O)c1c(C(=O)OC)cc(OC)c(Cl)c1OCOC. The molecule has 0 aliphatic rings. The van der Waals surface area contributed by atoms with Crippen LogP contribution in [0.15, 0.2) is 18.2 Å². The minimum Gasteiger partial charge on any atom is -0.495 e. The van der Waals surface area contributed by atoms with Crippen molar-refractivity contribution >= 4 is 23.4 Å². The van der Waals surface area contributed by atoms with E-state index in [1.165, 1.54) is 41.6 Å². The van der Waals surface area contributed by atoms with Gasteiger partial charge >= 0.3 is 5.97 Å². The molecular formula is C23H27ClO10. The smallest absolute Gasteiger partial charge is 0.338 e. The molecule has 0 N–H and O–H groups in total. The second kappa shape index (κ2) is 13.0. The highest BCUT2D eigenvalue weighted by Gasteiger charge is 2.32. The largest absolute Gasteiger partial charge is 0.495 e. The van der Waals surface area contributed by atoms with Crippen LogP contribution < -0.4 is 18.9 Å². The zero-order valence-corrected chi connectivity index (χ0v) is 20.6. The highest BCUT2D eigenvalue weighted by molar-refractivity contribution is 6.35. The number of aryl methyl sites for hydroxylation is 1. The molecule has 0 fully saturated rings. The van der Waals surface area contributed by atoms with Crippen LogP contribution >= 0.6 is 11.6 Å². The molecule has 0 saturated heterocycles. The van der Waals surface area contributed by atoms with Crippen LogP contribution in [0.3, 0.4) is 0 Å². The molecule has 0 radical (unpaired) electrons. The molecule has 0 aromatic heterocycles. The van der Waals surface area contributed by atoms with Gasteiger partial charge in [0.1, 0.15) is 27.8 Å². The van der Waals surface area contributed by atoms with Gasteiger partial charge in [0.2, 0.25) is 5.78 Å². The number of carbonyl (C=O) groups is 2. The summed E-state index contributed by atoms with van der Waals surface area (Å²) in [5, 5.41) is -0.0404. The van der Waals surface area contributed by atoms with Gasteiger partial charge in [0, 0.05) is 21.3 Å². The molecule has 0 heterocycles. The standard InChI is InChI=1S/C23H27ClO10/c1-13-7-15(32-10-27-2)19(16(8-13)33-11-28-3)21(25)18-14(23(26)31-6)9-17(30-5)20(24)22(18)34-12-29-4/h7-9H,10-12H2,1-6H3. The van der Waals surface area contributed by atoms with E-state index in [1.807, 2.05) is 0 Å². The van der Waals surface area contributed by atoms with Crippen molar-refractivity contribution in [1.29, 1.82) is 0 Å². The van der Waals surface area contributed by atoms with E-state index in [-0.39, 0.29) is 65.1 Å². The molecular weight excluding hydrogens is 472 g/mol. The lowest BCUT2D eigenvalue weighted by molar-refractivity contribution is 0.0441. The first-order valence-electron chi connectivity index (χ1n) is 9.87. The van der Waals surface area contributed by atoms with E-state index >= 15 is 0 Å². The van der Waals surface area contributed by atoms with Gasteiger partial charge in [-0.05, 0) is 30.7 Å². The molecule has 186 valence electrons. The first-order chi connectivity index (χ1) is 16.3. The van der Waals surface area contributed by atoms with Gasteiger partial charge in [0.05, 0.1) is 25.3 Å². The number of ketones is 1. The summed E-state index contributed by atoms with van der Waals surface area (Å²) in [7, 11) is 6.81. The van der Waals surface area contributed by atoms with E-state index in [4.69, 9.17) is 49.5 Å². The number of ether oxygens (including phenoxy) is 8. The average molecular weight is 499 g/mol. The molecule has 2 rings (SSSR count). The summed E-state index contributed by atoms with van der Waals surface area (Å²) in [6, 6.07) is 4.55. The van der Waals surface area contributed by atoms with E-state index < -0.39 is 11.8 Å². The summed E-state index contributed by atoms with van der Waals surface area (Å²) in [6.07, 6.45) is 0. The number of benzene rings is 2. The molecule has 2 aromatic carbocycles. The summed E-state index contributed by atoms with van der Waals surface area (Å²) in [6.45, 7) is 1.24. The Morgan fingerprint density at radius 2 is 1.29 bits per heavy atom. The van der Waals surface area contributed by atoms with Crippen LogP contribution in [0, 0.1) is 6.92 Å². The summed E-state index contributed by atoms with van der Waals surface area (Å²) in [5.74, 6) is -1.24. The van der Waals surface area contributed by atoms with Gasteiger partial charge < -0.3 is 37.9 Å². The fraction of sp³-hybridized carbons (Fsp3) is 0.391. The second-order valence-electron chi connectivity index (χ2n) is 6.75. The van der Waals surface area contributed by atoms with Crippen LogP contribution in [0.5, 0.6) is 23.0 Å². The maximum atomic E-state index is 14.0. The van der Waals surface area contributed by atoms with Crippen molar-refractivity contribution in [1.82, 2.24) is 0 Å². The number of esters is 1. The predicted octanol–water partition coefficient (Wildman–Crippen LogP) is 3.62. The predicted molar refractivity (Wildman–Crippen MR) is 121 cm³/mol.